The fourth-order valence-corrected chi connectivity index (χ4v) is 2.09. The molecule has 0 unspecified atom stereocenters. The van der Waals surface area contributed by atoms with Gasteiger partial charge in [-0.3, -0.25) is 0 Å². The van der Waals surface area contributed by atoms with Gasteiger partial charge in [-0.15, -0.1) is 0 Å². The molecule has 0 atom stereocenters. The first kappa shape index (κ1) is 14.9. The number of nitrogens with zero attached hydrogens (tertiary/aromatic N) is 1. The molecule has 1 heterocycles. The summed E-state index contributed by atoms with van der Waals surface area (Å²) >= 11 is 9.44. The topological polar surface area (TPSA) is 60.2 Å². The number of nitrogens with one attached hydrogen (secondary N) is 1. The second-order valence-electron chi connectivity index (χ2n) is 4.51. The summed E-state index contributed by atoms with van der Waals surface area (Å²) in [6.07, 6.45) is 0.0120. The van der Waals surface area contributed by atoms with Gasteiger partial charge in [0.25, 0.3) is 0 Å². The normalized spacial score (nSPS) is 10.7. The van der Waals surface area contributed by atoms with E-state index in [9.17, 15) is 0 Å². The van der Waals surface area contributed by atoms with E-state index in [2.05, 4.69) is 26.2 Å². The molecule has 0 radical (unpaired) electrons. The van der Waals surface area contributed by atoms with Crippen LogP contribution in [0.3, 0.4) is 0 Å². The molecule has 2 aromatic rings. The Kier molecular flexibility index (Phi) is 4.73. The molecule has 6 heteroatoms. The average Bonchev–Trinajstić information content (AvgIpc) is 2.37. The van der Waals surface area contributed by atoms with E-state index < -0.39 is 0 Å². The molecule has 0 spiro atoms. The molecule has 1 aromatic carbocycles. The van der Waals surface area contributed by atoms with Crippen LogP contribution in [0, 0.1) is 0 Å². The maximum absolute atomic E-state index is 5.98. The minimum atomic E-state index is 0.0120. The number of hydrogen-bond donors (Lipinski definition) is 2. The van der Waals surface area contributed by atoms with Crippen molar-refractivity contribution >= 4 is 44.7 Å². The SMILES string of the molecule is CC(C)Oc1nc(Nc2cc(Cl)ccc2Br)ccc1N. The predicted molar refractivity (Wildman–Crippen MR) is 86.8 cm³/mol. The first-order valence-corrected chi connectivity index (χ1v) is 7.28. The molecular weight excluding hydrogens is 342 g/mol. The standard InChI is InChI=1S/C14H15BrClN3O/c1-8(2)20-14-11(17)5-6-13(19-14)18-12-7-9(16)3-4-10(12)15/h3-8H,17H2,1-2H3,(H,18,19). The summed E-state index contributed by atoms with van der Waals surface area (Å²) in [7, 11) is 0. The molecule has 0 aliphatic rings. The van der Waals surface area contributed by atoms with Crippen LogP contribution in [0.1, 0.15) is 13.8 Å². The maximum atomic E-state index is 5.98. The van der Waals surface area contributed by atoms with Crippen molar-refractivity contribution in [1.82, 2.24) is 4.98 Å². The van der Waals surface area contributed by atoms with Crippen LogP contribution in [0.25, 0.3) is 0 Å². The highest BCUT2D eigenvalue weighted by Gasteiger charge is 2.08. The van der Waals surface area contributed by atoms with Crippen LogP contribution >= 0.6 is 27.5 Å². The van der Waals surface area contributed by atoms with Crippen molar-refractivity contribution in [1.29, 1.82) is 0 Å². The Hall–Kier alpha value is -1.46. The van der Waals surface area contributed by atoms with Crippen molar-refractivity contribution in [2.45, 2.75) is 20.0 Å². The monoisotopic (exact) mass is 355 g/mol. The van der Waals surface area contributed by atoms with E-state index in [0.717, 1.165) is 10.2 Å². The molecule has 1 aromatic heterocycles. The average molecular weight is 357 g/mol. The van der Waals surface area contributed by atoms with Gasteiger partial charge in [-0.25, -0.2) is 0 Å². The molecule has 0 saturated heterocycles. The molecule has 0 amide bonds. The molecule has 4 nitrogen and oxygen atoms in total. The van der Waals surface area contributed by atoms with Gasteiger partial charge in [-0.05, 0) is 60.1 Å². The third-order valence-corrected chi connectivity index (χ3v) is 3.35. The molecular formula is C14H15BrClN3O. The summed E-state index contributed by atoms with van der Waals surface area (Å²) in [5.41, 5.74) is 7.17. The highest BCUT2D eigenvalue weighted by molar-refractivity contribution is 9.10. The van der Waals surface area contributed by atoms with E-state index in [4.69, 9.17) is 22.1 Å². The lowest BCUT2D eigenvalue weighted by molar-refractivity contribution is 0.234. The molecule has 2 rings (SSSR count). The second-order valence-corrected chi connectivity index (χ2v) is 5.80. The fraction of sp³-hybridized carbons (Fsp3) is 0.214. The molecule has 20 heavy (non-hydrogen) atoms. The number of benzene rings is 1. The highest BCUT2D eigenvalue weighted by atomic mass is 79.9. The van der Waals surface area contributed by atoms with E-state index in [1.54, 1.807) is 18.2 Å². The molecule has 106 valence electrons. The number of hydrogen-bond acceptors (Lipinski definition) is 4. The van der Waals surface area contributed by atoms with Gasteiger partial charge in [0.2, 0.25) is 5.88 Å². The minimum Gasteiger partial charge on any atom is -0.473 e. The number of pyridine rings is 1. The second kappa shape index (κ2) is 6.33. The van der Waals surface area contributed by atoms with Crippen molar-refractivity contribution in [3.8, 4) is 5.88 Å². The van der Waals surface area contributed by atoms with Crippen LogP contribution in [0.4, 0.5) is 17.2 Å². The van der Waals surface area contributed by atoms with Crippen molar-refractivity contribution in [2.24, 2.45) is 0 Å². The Balaban J connectivity index is 2.27. The van der Waals surface area contributed by atoms with Gasteiger partial charge in [0.1, 0.15) is 5.82 Å². The lowest BCUT2D eigenvalue weighted by Gasteiger charge is -2.13. The largest absolute Gasteiger partial charge is 0.473 e. The summed E-state index contributed by atoms with van der Waals surface area (Å²) in [4.78, 5) is 4.36. The van der Waals surface area contributed by atoms with Crippen LogP contribution in [-0.4, -0.2) is 11.1 Å². The quantitative estimate of drug-likeness (QED) is 0.840. The Bertz CT molecular complexity index is 619. The van der Waals surface area contributed by atoms with Crippen molar-refractivity contribution < 1.29 is 4.74 Å². The number of halogens is 2. The summed E-state index contributed by atoms with van der Waals surface area (Å²) in [6.45, 7) is 3.85. The number of rotatable bonds is 4. The Morgan fingerprint density at radius 3 is 2.75 bits per heavy atom. The maximum Gasteiger partial charge on any atom is 0.239 e. The van der Waals surface area contributed by atoms with Crippen molar-refractivity contribution in [3.05, 3.63) is 39.8 Å². The van der Waals surface area contributed by atoms with Gasteiger partial charge in [0.05, 0.1) is 17.5 Å². The van der Waals surface area contributed by atoms with Gasteiger partial charge >= 0.3 is 0 Å². The lowest BCUT2D eigenvalue weighted by Crippen LogP contribution is -2.09. The van der Waals surface area contributed by atoms with Crippen LogP contribution in [-0.2, 0) is 0 Å². The first-order chi connectivity index (χ1) is 9.45. The number of anilines is 3. The van der Waals surface area contributed by atoms with E-state index in [1.807, 2.05) is 26.0 Å². The molecule has 0 aliphatic carbocycles. The van der Waals surface area contributed by atoms with Crippen LogP contribution in [0.2, 0.25) is 5.02 Å². The van der Waals surface area contributed by atoms with E-state index in [-0.39, 0.29) is 6.10 Å². The first-order valence-electron chi connectivity index (χ1n) is 6.11. The van der Waals surface area contributed by atoms with Gasteiger partial charge in [-0.1, -0.05) is 11.6 Å². The van der Waals surface area contributed by atoms with E-state index in [1.165, 1.54) is 0 Å². The number of ether oxygens (including phenoxy) is 1. The Labute approximate surface area is 131 Å². The minimum absolute atomic E-state index is 0.0120. The summed E-state index contributed by atoms with van der Waals surface area (Å²) in [5.74, 6) is 1.06. The van der Waals surface area contributed by atoms with Gasteiger partial charge in [-0.2, -0.15) is 4.98 Å². The summed E-state index contributed by atoms with van der Waals surface area (Å²) < 4.78 is 6.46. The highest BCUT2D eigenvalue weighted by Crippen LogP contribution is 2.30. The zero-order valence-electron chi connectivity index (χ0n) is 11.2. The number of aromatic nitrogens is 1. The number of nitrogens with two attached hydrogens (primary N) is 1. The van der Waals surface area contributed by atoms with Gasteiger partial charge in [0, 0.05) is 9.50 Å². The number of nitrogen functional groups attached to an aromatic ring is 1. The zero-order valence-corrected chi connectivity index (χ0v) is 13.5. The fourth-order valence-electron chi connectivity index (χ4n) is 1.57. The zero-order chi connectivity index (χ0) is 14.7. The van der Waals surface area contributed by atoms with E-state index in [0.29, 0.717) is 22.4 Å². The Morgan fingerprint density at radius 1 is 1.30 bits per heavy atom. The molecule has 0 bridgehead atoms. The van der Waals surface area contributed by atoms with Gasteiger partial charge < -0.3 is 15.8 Å². The smallest absolute Gasteiger partial charge is 0.239 e. The third kappa shape index (κ3) is 3.77. The molecule has 0 aliphatic heterocycles. The van der Waals surface area contributed by atoms with Crippen LogP contribution in [0.15, 0.2) is 34.8 Å². The summed E-state index contributed by atoms with van der Waals surface area (Å²) in [5, 5.41) is 3.82. The van der Waals surface area contributed by atoms with Crippen molar-refractivity contribution in [2.75, 3.05) is 11.1 Å². The lowest BCUT2D eigenvalue weighted by atomic mass is 10.3. The molecule has 0 fully saturated rings. The Morgan fingerprint density at radius 2 is 2.05 bits per heavy atom. The molecule has 0 saturated carbocycles. The van der Waals surface area contributed by atoms with E-state index >= 15 is 0 Å². The molecule has 3 N–H and O–H groups in total. The van der Waals surface area contributed by atoms with Crippen LogP contribution in [0.5, 0.6) is 5.88 Å². The van der Waals surface area contributed by atoms with Crippen molar-refractivity contribution in [3.63, 3.8) is 0 Å². The predicted octanol–water partition coefficient (Wildman–Crippen LogP) is 4.61. The third-order valence-electron chi connectivity index (χ3n) is 2.43. The summed E-state index contributed by atoms with van der Waals surface area (Å²) in [6, 6.07) is 9.03. The van der Waals surface area contributed by atoms with Crippen LogP contribution < -0.4 is 15.8 Å². The van der Waals surface area contributed by atoms with Gasteiger partial charge in [0.15, 0.2) is 0 Å².